The van der Waals surface area contributed by atoms with Crippen molar-refractivity contribution in [1.29, 1.82) is 0 Å². The van der Waals surface area contributed by atoms with Gasteiger partial charge in [-0.15, -0.1) is 0 Å². The molecule has 0 fully saturated rings. The molecule has 1 heterocycles. The molecule has 2 aromatic carbocycles. The summed E-state index contributed by atoms with van der Waals surface area (Å²) in [5, 5.41) is 0. The maximum Gasteiger partial charge on any atom is 0.235 e. The van der Waals surface area contributed by atoms with Gasteiger partial charge in [0.2, 0.25) is 11.9 Å². The number of nitrogens with zero attached hydrogens (tertiary/aromatic N) is 1. The highest BCUT2D eigenvalue weighted by Crippen LogP contribution is 2.22. The first kappa shape index (κ1) is 11.0. The Morgan fingerprint density at radius 3 is 2.50 bits per heavy atom. The number of nitrogens with one attached hydrogen (secondary N) is 1. The van der Waals surface area contributed by atoms with Gasteiger partial charge in [0.15, 0.2) is 0 Å². The molecule has 0 aliphatic carbocycles. The van der Waals surface area contributed by atoms with Crippen LogP contribution < -0.4 is 5.43 Å². The number of hydrazone groups is 1. The minimum atomic E-state index is 0.326. The molecule has 0 bridgehead atoms. The van der Waals surface area contributed by atoms with Crippen molar-refractivity contribution in [2.75, 3.05) is 0 Å². The molecule has 18 heavy (non-hydrogen) atoms. The van der Waals surface area contributed by atoms with Crippen molar-refractivity contribution in [3.8, 4) is 0 Å². The Labute approximate surface area is 108 Å². The molecule has 1 N–H and O–H groups in total. The third-order valence-corrected chi connectivity index (χ3v) is 3.38. The number of fused-ring (bicyclic) bond motifs is 1. The van der Waals surface area contributed by atoms with E-state index in [4.69, 9.17) is 0 Å². The molecule has 1 unspecified atom stereocenters. The summed E-state index contributed by atoms with van der Waals surface area (Å²) >= 11 is 0. The molecule has 1 aliphatic rings. The smallest absolute Gasteiger partial charge is 0.185 e. The van der Waals surface area contributed by atoms with Gasteiger partial charge >= 0.3 is 0 Å². The second kappa shape index (κ2) is 4.30. The Balaban J connectivity index is 2.05. The number of hydrogen-bond donors (Lipinski definition) is 1. The van der Waals surface area contributed by atoms with E-state index in [1.807, 2.05) is 0 Å². The van der Waals surface area contributed by atoms with E-state index in [0.717, 1.165) is 0 Å². The summed E-state index contributed by atoms with van der Waals surface area (Å²) in [7, 11) is 0. The van der Waals surface area contributed by atoms with Gasteiger partial charge in [-0.25, -0.2) is 0 Å². The number of aryl methyl sites for hydroxylation is 1. The zero-order valence-electron chi connectivity index (χ0n) is 10.7. The van der Waals surface area contributed by atoms with Crippen molar-refractivity contribution in [3.63, 3.8) is 0 Å². The summed E-state index contributed by atoms with van der Waals surface area (Å²) < 4.78 is 2.10. The van der Waals surface area contributed by atoms with Gasteiger partial charge in [0.05, 0.1) is 0 Å². The third kappa shape index (κ3) is 1.90. The first-order chi connectivity index (χ1) is 8.74. The zero-order valence-corrected chi connectivity index (χ0v) is 10.7. The topological polar surface area (TPSA) is 15.0 Å². The summed E-state index contributed by atoms with van der Waals surface area (Å²) in [6, 6.07) is 17.4. The van der Waals surface area contributed by atoms with Gasteiger partial charge in [0, 0.05) is 17.7 Å². The largest absolute Gasteiger partial charge is 0.235 e. The van der Waals surface area contributed by atoms with E-state index < -0.39 is 0 Å². The molecule has 0 radical (unpaired) electrons. The minimum Gasteiger partial charge on any atom is -0.185 e. The van der Waals surface area contributed by atoms with E-state index in [0.29, 0.717) is 6.04 Å². The fraction of sp³-hybridized carbons (Fsp3) is 0.188. The van der Waals surface area contributed by atoms with Crippen molar-refractivity contribution >= 4 is 11.9 Å². The molecular formula is C16H17N2+. The second-order valence-electron chi connectivity index (χ2n) is 4.81. The molecule has 0 saturated carbocycles. The number of hydrogen-bond acceptors (Lipinski definition) is 1. The van der Waals surface area contributed by atoms with E-state index in [1.165, 1.54) is 22.4 Å². The van der Waals surface area contributed by atoms with Crippen molar-refractivity contribution in [1.82, 2.24) is 5.43 Å². The summed E-state index contributed by atoms with van der Waals surface area (Å²) in [6.45, 7) is 4.29. The molecule has 2 nitrogen and oxygen atoms in total. The molecule has 2 heteroatoms. The van der Waals surface area contributed by atoms with Crippen LogP contribution in [0.2, 0.25) is 0 Å². The normalized spacial score (nSPS) is 17.7. The van der Waals surface area contributed by atoms with E-state index in [2.05, 4.69) is 78.7 Å². The van der Waals surface area contributed by atoms with Crippen LogP contribution in [0, 0.1) is 6.92 Å². The Kier molecular flexibility index (Phi) is 2.63. The quantitative estimate of drug-likeness (QED) is 0.752. The van der Waals surface area contributed by atoms with Crippen LogP contribution in [-0.4, -0.2) is 10.9 Å². The first-order valence-corrected chi connectivity index (χ1v) is 6.30. The van der Waals surface area contributed by atoms with Gasteiger partial charge in [0.25, 0.3) is 0 Å². The van der Waals surface area contributed by atoms with E-state index >= 15 is 0 Å². The molecule has 2 aromatic rings. The maximum atomic E-state index is 3.49. The molecule has 1 aliphatic heterocycles. The van der Waals surface area contributed by atoms with Crippen molar-refractivity contribution in [2.45, 2.75) is 19.9 Å². The van der Waals surface area contributed by atoms with E-state index in [-0.39, 0.29) is 0 Å². The fourth-order valence-electron chi connectivity index (χ4n) is 2.33. The monoisotopic (exact) mass is 237 g/mol. The van der Waals surface area contributed by atoms with Crippen molar-refractivity contribution in [2.24, 2.45) is 0 Å². The maximum absolute atomic E-state index is 3.49. The van der Waals surface area contributed by atoms with E-state index in [1.54, 1.807) is 0 Å². The Hall–Kier alpha value is -2.09. The summed E-state index contributed by atoms with van der Waals surface area (Å²) in [5.74, 6) is 0. The first-order valence-electron chi connectivity index (χ1n) is 6.30. The SMILES string of the molecule is Cc1ccc([N+]2=Cc3ccccc3C(C)N2)cc1. The lowest BCUT2D eigenvalue weighted by atomic mass is 10.0. The summed E-state index contributed by atoms with van der Waals surface area (Å²) in [6.07, 6.45) is 2.15. The van der Waals surface area contributed by atoms with Crippen LogP contribution in [0.3, 0.4) is 0 Å². The van der Waals surface area contributed by atoms with Gasteiger partial charge < -0.3 is 0 Å². The third-order valence-electron chi connectivity index (χ3n) is 3.38. The molecule has 0 spiro atoms. The molecule has 1 atom stereocenters. The number of rotatable bonds is 1. The van der Waals surface area contributed by atoms with Crippen LogP contribution >= 0.6 is 0 Å². The lowest BCUT2D eigenvalue weighted by molar-refractivity contribution is -0.512. The molecule has 0 amide bonds. The standard InChI is InChI=1S/C16H17N2/c1-12-7-9-15(10-8-12)18-11-14-5-3-4-6-16(14)13(2)17-18/h3-11,13,17H,1-2H3/q+1. The number of hydrazine groups is 1. The molecule has 3 rings (SSSR count). The van der Waals surface area contributed by atoms with Crippen LogP contribution in [0.25, 0.3) is 0 Å². The fourth-order valence-corrected chi connectivity index (χ4v) is 2.33. The van der Waals surface area contributed by atoms with Crippen LogP contribution in [-0.2, 0) is 0 Å². The lowest BCUT2D eigenvalue weighted by Crippen LogP contribution is -2.33. The molecular weight excluding hydrogens is 220 g/mol. The minimum absolute atomic E-state index is 0.326. The van der Waals surface area contributed by atoms with Gasteiger partial charge in [0.1, 0.15) is 6.04 Å². The Morgan fingerprint density at radius 2 is 1.72 bits per heavy atom. The second-order valence-corrected chi connectivity index (χ2v) is 4.81. The zero-order chi connectivity index (χ0) is 12.5. The van der Waals surface area contributed by atoms with Crippen molar-refractivity contribution < 1.29 is 4.68 Å². The highest BCUT2D eigenvalue weighted by Gasteiger charge is 2.22. The Morgan fingerprint density at radius 1 is 1.00 bits per heavy atom. The van der Waals surface area contributed by atoms with Crippen molar-refractivity contribution in [3.05, 3.63) is 65.2 Å². The molecule has 0 aromatic heterocycles. The molecule has 0 saturated heterocycles. The average Bonchev–Trinajstić information content (AvgIpc) is 2.39. The van der Waals surface area contributed by atoms with E-state index in [9.17, 15) is 0 Å². The van der Waals surface area contributed by atoms with Crippen LogP contribution in [0.4, 0.5) is 5.69 Å². The Bertz CT molecular complexity index is 597. The van der Waals surface area contributed by atoms with Crippen LogP contribution in [0.15, 0.2) is 48.5 Å². The van der Waals surface area contributed by atoms with Crippen LogP contribution in [0.5, 0.6) is 0 Å². The highest BCUT2D eigenvalue weighted by atomic mass is 15.4. The lowest BCUT2D eigenvalue weighted by Gasteiger charge is -2.19. The highest BCUT2D eigenvalue weighted by molar-refractivity contribution is 5.79. The summed E-state index contributed by atoms with van der Waals surface area (Å²) in [4.78, 5) is 0. The predicted octanol–water partition coefficient (Wildman–Crippen LogP) is 3.34. The van der Waals surface area contributed by atoms with Crippen LogP contribution in [0.1, 0.15) is 29.7 Å². The average molecular weight is 237 g/mol. The molecule has 90 valence electrons. The van der Waals surface area contributed by atoms with Gasteiger partial charge in [-0.2, -0.15) is 5.43 Å². The predicted molar refractivity (Wildman–Crippen MR) is 74.3 cm³/mol. The van der Waals surface area contributed by atoms with Gasteiger partial charge in [-0.1, -0.05) is 40.6 Å². The van der Waals surface area contributed by atoms with Gasteiger partial charge in [-0.3, -0.25) is 0 Å². The van der Waals surface area contributed by atoms with Gasteiger partial charge in [-0.05, 0) is 25.5 Å². The number of benzene rings is 2. The summed E-state index contributed by atoms with van der Waals surface area (Å²) in [5.41, 5.74) is 8.57.